The van der Waals surface area contributed by atoms with Crippen molar-refractivity contribution in [2.45, 2.75) is 20.8 Å². The monoisotopic (exact) mass is 388 g/mol. The van der Waals surface area contributed by atoms with E-state index < -0.39 is 11.8 Å². The number of carbonyl (C=O) groups excluding carboxylic acids is 2. The number of rotatable bonds is 6. The van der Waals surface area contributed by atoms with E-state index in [1.54, 1.807) is 37.8 Å². The van der Waals surface area contributed by atoms with E-state index in [2.05, 4.69) is 10.1 Å². The molecule has 1 aromatic carbocycles. The first kappa shape index (κ1) is 19.8. The molecule has 0 aliphatic carbocycles. The summed E-state index contributed by atoms with van der Waals surface area (Å²) >= 11 is 0. The summed E-state index contributed by atoms with van der Waals surface area (Å²) in [5.41, 5.74) is 2.94. The lowest BCUT2D eigenvalue weighted by molar-refractivity contribution is 0.0525. The highest BCUT2D eigenvalue weighted by Gasteiger charge is 2.24. The van der Waals surface area contributed by atoms with E-state index in [1.165, 1.54) is 6.08 Å². The number of allylic oxidation sites excluding steroid dienone is 1. The zero-order valence-corrected chi connectivity index (χ0v) is 16.4. The number of carbonyl (C=O) groups is 2. The summed E-state index contributed by atoms with van der Waals surface area (Å²) in [6.07, 6.45) is 4.79. The van der Waals surface area contributed by atoms with E-state index in [4.69, 9.17) is 4.74 Å². The number of hydrogen-bond donors (Lipinski definition) is 1. The van der Waals surface area contributed by atoms with Crippen LogP contribution < -0.4 is 0 Å². The minimum Gasteiger partial charge on any atom is -0.462 e. The predicted octanol–water partition coefficient (Wildman–Crippen LogP) is 3.78. The number of benzene rings is 1. The minimum atomic E-state index is -0.496. The highest BCUT2D eigenvalue weighted by atomic mass is 16.5. The van der Waals surface area contributed by atoms with Crippen LogP contribution in [0.1, 0.15) is 44.6 Å². The fourth-order valence-corrected chi connectivity index (χ4v) is 3.07. The number of nitrogens with one attached hydrogen (secondary N) is 1. The second kappa shape index (κ2) is 8.40. The number of aromatic nitrogens is 3. The smallest absolute Gasteiger partial charge is 0.340 e. The maximum absolute atomic E-state index is 12.9. The highest BCUT2D eigenvalue weighted by Crippen LogP contribution is 2.22. The average molecular weight is 388 g/mol. The Labute approximate surface area is 168 Å². The van der Waals surface area contributed by atoms with Gasteiger partial charge in [0.2, 0.25) is 5.78 Å². The van der Waals surface area contributed by atoms with Gasteiger partial charge in [-0.1, -0.05) is 18.2 Å². The van der Waals surface area contributed by atoms with Crippen LogP contribution in [0.15, 0.2) is 48.3 Å². The quantitative estimate of drug-likeness (QED) is 0.300. The molecule has 146 valence electrons. The first-order chi connectivity index (χ1) is 14.0. The van der Waals surface area contributed by atoms with Gasteiger partial charge in [-0.05, 0) is 44.5 Å². The summed E-state index contributed by atoms with van der Waals surface area (Å²) in [7, 11) is 0. The lowest BCUT2D eigenvalue weighted by atomic mass is 10.0. The van der Waals surface area contributed by atoms with Crippen LogP contribution in [-0.2, 0) is 4.74 Å². The number of ketones is 1. The second-order valence-electron chi connectivity index (χ2n) is 6.40. The topological polar surface area (TPSA) is 101 Å². The molecule has 0 unspecified atom stereocenters. The number of nitriles is 1. The summed E-state index contributed by atoms with van der Waals surface area (Å²) < 4.78 is 6.71. The van der Waals surface area contributed by atoms with Crippen LogP contribution in [0.4, 0.5) is 0 Å². The molecule has 0 fully saturated rings. The molecule has 2 heterocycles. The van der Waals surface area contributed by atoms with E-state index >= 15 is 0 Å². The molecule has 0 bridgehead atoms. The van der Waals surface area contributed by atoms with Gasteiger partial charge in [-0.2, -0.15) is 10.4 Å². The molecule has 7 heteroatoms. The van der Waals surface area contributed by atoms with E-state index in [0.29, 0.717) is 22.4 Å². The van der Waals surface area contributed by atoms with Gasteiger partial charge in [0.25, 0.3) is 0 Å². The van der Waals surface area contributed by atoms with Gasteiger partial charge in [0.15, 0.2) is 0 Å². The van der Waals surface area contributed by atoms with Gasteiger partial charge in [-0.15, -0.1) is 0 Å². The Morgan fingerprint density at radius 3 is 2.66 bits per heavy atom. The van der Waals surface area contributed by atoms with Crippen molar-refractivity contribution in [3.8, 4) is 11.8 Å². The Balaban J connectivity index is 1.92. The standard InChI is InChI=1S/C22H20N4O3/c1-4-29-22(28)19-14(2)20(25-15(19)3)21(27)17(11-23)10-16-12-24-26(13-16)18-8-6-5-7-9-18/h5-10,12-13,25H,4H2,1-3H3/b17-10+. The summed E-state index contributed by atoms with van der Waals surface area (Å²) in [5.74, 6) is -0.986. The van der Waals surface area contributed by atoms with Crippen LogP contribution in [0, 0.1) is 25.2 Å². The lowest BCUT2D eigenvalue weighted by Gasteiger charge is -2.02. The molecule has 0 spiro atoms. The number of esters is 1. The third-order valence-electron chi connectivity index (χ3n) is 4.44. The molecule has 0 radical (unpaired) electrons. The first-order valence-corrected chi connectivity index (χ1v) is 9.09. The number of aryl methyl sites for hydroxylation is 1. The number of aromatic amines is 1. The Morgan fingerprint density at radius 2 is 2.00 bits per heavy atom. The summed E-state index contributed by atoms with van der Waals surface area (Å²) in [5, 5.41) is 13.8. The van der Waals surface area contributed by atoms with Crippen LogP contribution in [-0.4, -0.2) is 33.1 Å². The number of Topliss-reactive ketones (excluding diaryl/α,β-unsaturated/α-hetero) is 1. The van der Waals surface area contributed by atoms with Gasteiger partial charge >= 0.3 is 5.97 Å². The van der Waals surface area contributed by atoms with Crippen LogP contribution in [0.25, 0.3) is 11.8 Å². The molecule has 2 aromatic heterocycles. The maximum atomic E-state index is 12.9. The summed E-state index contributed by atoms with van der Waals surface area (Å²) in [6, 6.07) is 11.5. The van der Waals surface area contributed by atoms with Gasteiger partial charge in [-0.25, -0.2) is 9.48 Å². The van der Waals surface area contributed by atoms with Crippen molar-refractivity contribution >= 4 is 17.8 Å². The van der Waals surface area contributed by atoms with Gasteiger partial charge in [0, 0.05) is 17.5 Å². The molecular formula is C22H20N4O3. The third kappa shape index (κ3) is 4.01. The highest BCUT2D eigenvalue weighted by molar-refractivity contribution is 6.15. The van der Waals surface area contributed by atoms with Crippen molar-refractivity contribution in [3.05, 3.63) is 76.4 Å². The zero-order chi connectivity index (χ0) is 21.0. The predicted molar refractivity (Wildman–Crippen MR) is 108 cm³/mol. The second-order valence-corrected chi connectivity index (χ2v) is 6.40. The molecule has 0 aliphatic heterocycles. The molecule has 1 N–H and O–H groups in total. The van der Waals surface area contributed by atoms with E-state index in [1.807, 2.05) is 36.4 Å². The summed E-state index contributed by atoms with van der Waals surface area (Å²) in [6.45, 7) is 5.30. The SMILES string of the molecule is CCOC(=O)c1c(C)[nH]c(C(=O)/C(C#N)=C/c2cnn(-c3ccccc3)c2)c1C. The van der Waals surface area contributed by atoms with E-state index in [0.717, 1.165) is 5.69 Å². The van der Waals surface area contributed by atoms with Crippen molar-refractivity contribution in [3.63, 3.8) is 0 Å². The number of hydrogen-bond acceptors (Lipinski definition) is 5. The van der Waals surface area contributed by atoms with Crippen molar-refractivity contribution in [2.75, 3.05) is 6.61 Å². The fourth-order valence-electron chi connectivity index (χ4n) is 3.07. The molecular weight excluding hydrogens is 368 g/mol. The molecule has 29 heavy (non-hydrogen) atoms. The molecule has 0 aliphatic rings. The van der Waals surface area contributed by atoms with Crippen LogP contribution in [0.5, 0.6) is 0 Å². The zero-order valence-electron chi connectivity index (χ0n) is 16.4. The Morgan fingerprint density at radius 1 is 1.28 bits per heavy atom. The van der Waals surface area contributed by atoms with Crippen LogP contribution in [0.3, 0.4) is 0 Å². The number of ether oxygens (including phenoxy) is 1. The largest absolute Gasteiger partial charge is 0.462 e. The normalized spacial score (nSPS) is 11.2. The lowest BCUT2D eigenvalue weighted by Crippen LogP contribution is -2.08. The van der Waals surface area contributed by atoms with Gasteiger partial charge < -0.3 is 9.72 Å². The van der Waals surface area contributed by atoms with Gasteiger partial charge in [-0.3, -0.25) is 4.79 Å². The Hall–Kier alpha value is -3.92. The molecule has 0 saturated heterocycles. The van der Waals surface area contributed by atoms with Crippen molar-refractivity contribution in [2.24, 2.45) is 0 Å². The van der Waals surface area contributed by atoms with Crippen molar-refractivity contribution in [1.82, 2.24) is 14.8 Å². The Kier molecular flexibility index (Phi) is 5.74. The average Bonchev–Trinajstić information content (AvgIpc) is 3.30. The number of para-hydroxylation sites is 1. The van der Waals surface area contributed by atoms with E-state index in [-0.39, 0.29) is 17.9 Å². The van der Waals surface area contributed by atoms with Gasteiger partial charge in [0.05, 0.1) is 29.7 Å². The number of H-pyrrole nitrogens is 1. The van der Waals surface area contributed by atoms with Crippen LogP contribution >= 0.6 is 0 Å². The third-order valence-corrected chi connectivity index (χ3v) is 4.44. The fraction of sp³-hybridized carbons (Fsp3) is 0.182. The molecule has 3 aromatic rings. The summed E-state index contributed by atoms with van der Waals surface area (Å²) in [4.78, 5) is 28.0. The molecule has 0 saturated carbocycles. The van der Waals surface area contributed by atoms with Gasteiger partial charge in [0.1, 0.15) is 11.6 Å². The minimum absolute atomic E-state index is 0.0580. The van der Waals surface area contributed by atoms with E-state index in [9.17, 15) is 14.9 Å². The van der Waals surface area contributed by atoms with Crippen LogP contribution in [0.2, 0.25) is 0 Å². The maximum Gasteiger partial charge on any atom is 0.340 e. The van der Waals surface area contributed by atoms with Crippen molar-refractivity contribution in [1.29, 1.82) is 5.26 Å². The Bertz CT molecular complexity index is 1130. The molecule has 3 rings (SSSR count). The molecule has 0 atom stereocenters. The molecule has 0 amide bonds. The van der Waals surface area contributed by atoms with Crippen molar-refractivity contribution < 1.29 is 14.3 Å². The first-order valence-electron chi connectivity index (χ1n) is 9.09. The number of nitrogens with zero attached hydrogens (tertiary/aromatic N) is 3. The molecule has 7 nitrogen and oxygen atoms in total.